The lowest BCUT2D eigenvalue weighted by atomic mass is 10.2. The molecule has 156 valence electrons. The van der Waals surface area contributed by atoms with Gasteiger partial charge in [-0.2, -0.15) is 0 Å². The van der Waals surface area contributed by atoms with E-state index in [1.807, 2.05) is 30.3 Å². The molecule has 2 aromatic rings. The standard InChI is InChI=1S/C20H18Cl2N4O3S/c21-14-7-8-16(15(22)12-14)23-17(27)10-11-19(29)25-26-20(30)24-18(28)9-6-13-4-2-1-3-5-13/h1-9,12H,10-11H2,(H,23,27)(H,25,29)(H2,24,26,28,30)/b9-6+. The molecule has 0 unspecified atom stereocenters. The summed E-state index contributed by atoms with van der Waals surface area (Å²) in [7, 11) is 0. The molecule has 30 heavy (non-hydrogen) atoms. The van der Waals surface area contributed by atoms with Gasteiger partial charge in [0, 0.05) is 23.9 Å². The van der Waals surface area contributed by atoms with Crippen molar-refractivity contribution < 1.29 is 14.4 Å². The zero-order chi connectivity index (χ0) is 21.9. The highest BCUT2D eigenvalue weighted by atomic mass is 35.5. The molecule has 10 heteroatoms. The topological polar surface area (TPSA) is 99.3 Å². The summed E-state index contributed by atoms with van der Waals surface area (Å²) in [6.07, 6.45) is 2.76. The van der Waals surface area contributed by atoms with Crippen LogP contribution in [0.1, 0.15) is 18.4 Å². The van der Waals surface area contributed by atoms with Gasteiger partial charge in [0.2, 0.25) is 17.7 Å². The van der Waals surface area contributed by atoms with Crippen molar-refractivity contribution in [2.24, 2.45) is 0 Å². The Bertz CT molecular complexity index is 968. The first-order valence-corrected chi connectivity index (χ1v) is 9.88. The summed E-state index contributed by atoms with van der Waals surface area (Å²) in [5.74, 6) is -1.33. The van der Waals surface area contributed by atoms with Gasteiger partial charge in [0.25, 0.3) is 0 Å². The van der Waals surface area contributed by atoms with Crippen LogP contribution in [-0.4, -0.2) is 22.8 Å². The fourth-order valence-electron chi connectivity index (χ4n) is 2.14. The minimum absolute atomic E-state index is 0.0780. The molecule has 2 rings (SSSR count). The van der Waals surface area contributed by atoms with Crippen molar-refractivity contribution >= 4 is 70.0 Å². The van der Waals surface area contributed by atoms with Crippen molar-refractivity contribution in [3.05, 3.63) is 70.2 Å². The second-order valence-corrected chi connectivity index (χ2v) is 7.16. The molecule has 2 aromatic carbocycles. The Morgan fingerprint density at radius 2 is 1.63 bits per heavy atom. The number of rotatable bonds is 6. The fraction of sp³-hybridized carbons (Fsp3) is 0.100. The second kappa shape index (κ2) is 11.9. The molecule has 0 aliphatic rings. The SMILES string of the molecule is O=C(/C=C/c1ccccc1)NC(=S)NNC(=O)CCC(=O)Nc1ccc(Cl)cc1Cl. The van der Waals surface area contributed by atoms with Gasteiger partial charge in [-0.05, 0) is 42.1 Å². The van der Waals surface area contributed by atoms with Crippen LogP contribution in [0.3, 0.4) is 0 Å². The Morgan fingerprint density at radius 1 is 0.933 bits per heavy atom. The molecule has 0 aliphatic carbocycles. The van der Waals surface area contributed by atoms with E-state index in [0.717, 1.165) is 5.56 Å². The quantitative estimate of drug-likeness (QED) is 0.298. The van der Waals surface area contributed by atoms with Gasteiger partial charge in [-0.15, -0.1) is 0 Å². The van der Waals surface area contributed by atoms with E-state index in [9.17, 15) is 14.4 Å². The van der Waals surface area contributed by atoms with Gasteiger partial charge in [-0.1, -0.05) is 53.5 Å². The molecule has 0 heterocycles. The zero-order valence-electron chi connectivity index (χ0n) is 15.6. The lowest BCUT2D eigenvalue weighted by Crippen LogP contribution is -2.48. The van der Waals surface area contributed by atoms with Gasteiger partial charge < -0.3 is 5.32 Å². The molecule has 0 aromatic heterocycles. The van der Waals surface area contributed by atoms with Crippen molar-refractivity contribution in [3.63, 3.8) is 0 Å². The maximum absolute atomic E-state index is 11.9. The van der Waals surface area contributed by atoms with E-state index in [0.29, 0.717) is 15.7 Å². The van der Waals surface area contributed by atoms with E-state index in [1.54, 1.807) is 18.2 Å². The molecule has 0 saturated carbocycles. The van der Waals surface area contributed by atoms with Gasteiger partial charge >= 0.3 is 0 Å². The fourth-order valence-corrected chi connectivity index (χ4v) is 2.75. The molecule has 4 N–H and O–H groups in total. The average molecular weight is 465 g/mol. The molecule has 0 spiro atoms. The van der Waals surface area contributed by atoms with Gasteiger partial charge in [-0.3, -0.25) is 30.6 Å². The van der Waals surface area contributed by atoms with E-state index < -0.39 is 17.7 Å². The molecule has 0 atom stereocenters. The summed E-state index contributed by atoms with van der Waals surface area (Å²) in [5.41, 5.74) is 5.97. The van der Waals surface area contributed by atoms with Crippen LogP contribution in [0.15, 0.2) is 54.6 Å². The number of carbonyl (C=O) groups excluding carboxylic acids is 3. The first kappa shape index (κ1) is 23.3. The van der Waals surface area contributed by atoms with Crippen LogP contribution in [-0.2, 0) is 14.4 Å². The van der Waals surface area contributed by atoms with Crippen molar-refractivity contribution in [1.29, 1.82) is 0 Å². The maximum Gasteiger partial charge on any atom is 0.250 e. The zero-order valence-corrected chi connectivity index (χ0v) is 17.9. The molecule has 0 aliphatic heterocycles. The third kappa shape index (κ3) is 8.60. The predicted molar refractivity (Wildman–Crippen MR) is 122 cm³/mol. The van der Waals surface area contributed by atoms with E-state index >= 15 is 0 Å². The molecular formula is C20H18Cl2N4O3S. The molecule has 0 bridgehead atoms. The van der Waals surface area contributed by atoms with E-state index in [2.05, 4.69) is 21.5 Å². The Kier molecular flexibility index (Phi) is 9.27. The van der Waals surface area contributed by atoms with Crippen LogP contribution in [0.2, 0.25) is 10.0 Å². The minimum atomic E-state index is -0.483. The van der Waals surface area contributed by atoms with Crippen LogP contribution in [0.4, 0.5) is 5.69 Å². The van der Waals surface area contributed by atoms with Crippen molar-refractivity contribution in [1.82, 2.24) is 16.2 Å². The number of thiocarbonyl (C=S) groups is 1. The molecule has 3 amide bonds. The van der Waals surface area contributed by atoms with Crippen LogP contribution in [0.25, 0.3) is 6.08 Å². The third-order valence-electron chi connectivity index (χ3n) is 3.56. The average Bonchev–Trinajstić information content (AvgIpc) is 2.72. The number of hydrazine groups is 1. The van der Waals surface area contributed by atoms with Crippen molar-refractivity contribution in [3.8, 4) is 0 Å². The lowest BCUT2D eigenvalue weighted by molar-refractivity contribution is -0.124. The predicted octanol–water partition coefficient (Wildman–Crippen LogP) is 3.45. The Morgan fingerprint density at radius 3 is 2.33 bits per heavy atom. The molecule has 0 fully saturated rings. The van der Waals surface area contributed by atoms with Crippen LogP contribution in [0.5, 0.6) is 0 Å². The Hall–Kier alpha value is -2.94. The van der Waals surface area contributed by atoms with Gasteiger partial charge in [-0.25, -0.2) is 0 Å². The third-order valence-corrected chi connectivity index (χ3v) is 4.32. The number of anilines is 1. The first-order chi connectivity index (χ1) is 14.3. The lowest BCUT2D eigenvalue weighted by Gasteiger charge is -2.10. The number of hydrogen-bond acceptors (Lipinski definition) is 4. The maximum atomic E-state index is 11.9. The number of amides is 3. The Labute approximate surface area is 188 Å². The summed E-state index contributed by atoms with van der Waals surface area (Å²) in [6, 6.07) is 13.9. The van der Waals surface area contributed by atoms with Gasteiger partial charge in [0.15, 0.2) is 5.11 Å². The smallest absolute Gasteiger partial charge is 0.250 e. The number of benzene rings is 2. The summed E-state index contributed by atoms with van der Waals surface area (Å²) in [6.45, 7) is 0. The monoisotopic (exact) mass is 464 g/mol. The van der Waals surface area contributed by atoms with Crippen LogP contribution >= 0.6 is 35.4 Å². The largest absolute Gasteiger partial charge is 0.325 e. The van der Waals surface area contributed by atoms with E-state index in [4.69, 9.17) is 35.4 Å². The summed E-state index contributed by atoms with van der Waals surface area (Å²) < 4.78 is 0. The van der Waals surface area contributed by atoms with E-state index in [-0.39, 0.29) is 18.0 Å². The minimum Gasteiger partial charge on any atom is -0.325 e. The van der Waals surface area contributed by atoms with Crippen LogP contribution < -0.4 is 21.5 Å². The van der Waals surface area contributed by atoms with Crippen LogP contribution in [0, 0.1) is 0 Å². The number of nitrogens with one attached hydrogen (secondary N) is 4. The van der Waals surface area contributed by atoms with Crippen molar-refractivity contribution in [2.45, 2.75) is 12.8 Å². The molecular weight excluding hydrogens is 447 g/mol. The molecule has 0 saturated heterocycles. The first-order valence-electron chi connectivity index (χ1n) is 8.71. The summed E-state index contributed by atoms with van der Waals surface area (Å²) in [4.78, 5) is 35.6. The second-order valence-electron chi connectivity index (χ2n) is 5.91. The highest BCUT2D eigenvalue weighted by Gasteiger charge is 2.10. The van der Waals surface area contributed by atoms with E-state index in [1.165, 1.54) is 12.1 Å². The van der Waals surface area contributed by atoms with Crippen molar-refractivity contribution in [2.75, 3.05) is 5.32 Å². The highest BCUT2D eigenvalue weighted by Crippen LogP contribution is 2.25. The van der Waals surface area contributed by atoms with Gasteiger partial charge in [0.1, 0.15) is 0 Å². The number of hydrogen-bond donors (Lipinski definition) is 4. The highest BCUT2D eigenvalue weighted by molar-refractivity contribution is 7.80. The number of halogens is 2. The Balaban J connectivity index is 1.67. The normalized spacial score (nSPS) is 10.3. The molecule has 0 radical (unpaired) electrons. The summed E-state index contributed by atoms with van der Waals surface area (Å²) in [5, 5.41) is 5.64. The van der Waals surface area contributed by atoms with Gasteiger partial charge in [0.05, 0.1) is 10.7 Å². The number of carbonyl (C=O) groups is 3. The summed E-state index contributed by atoms with van der Waals surface area (Å²) >= 11 is 16.7. The molecule has 7 nitrogen and oxygen atoms in total.